The van der Waals surface area contributed by atoms with E-state index in [1.54, 1.807) is 25.0 Å². The summed E-state index contributed by atoms with van der Waals surface area (Å²) in [4.78, 5) is 24.6. The fraction of sp³-hybridized carbons (Fsp3) is 0.800. The number of thioether (sulfide) groups is 4. The van der Waals surface area contributed by atoms with Crippen molar-refractivity contribution in [3.63, 3.8) is 0 Å². The molecule has 0 aromatic rings. The molecule has 0 N–H and O–H groups in total. The van der Waals surface area contributed by atoms with Crippen LogP contribution in [0, 0.1) is 0 Å². The van der Waals surface area contributed by atoms with E-state index in [9.17, 15) is 19.8 Å². The van der Waals surface area contributed by atoms with E-state index >= 15 is 0 Å². The van der Waals surface area contributed by atoms with Crippen molar-refractivity contribution in [2.45, 2.75) is 19.0 Å². The number of carbonyl (C=O) groups excluding carboxylic acids is 2. The van der Waals surface area contributed by atoms with Gasteiger partial charge in [-0.05, 0) is 25.0 Å². The van der Waals surface area contributed by atoms with E-state index < -0.39 is 21.1 Å². The average molecular weight is 451 g/mol. The first-order valence-electron chi connectivity index (χ1n) is 4.97. The summed E-state index contributed by atoms with van der Waals surface area (Å²) in [5.41, 5.74) is 0. The molecule has 0 heterocycles. The maximum absolute atomic E-state index is 10.0. The van der Waals surface area contributed by atoms with Crippen molar-refractivity contribution in [2.75, 3.05) is 25.0 Å². The molecule has 0 saturated carbocycles. The van der Waals surface area contributed by atoms with Gasteiger partial charge in [0.2, 0.25) is 0 Å². The summed E-state index contributed by atoms with van der Waals surface area (Å²) in [6.45, 7) is 0. The number of carboxylic acids is 2. The van der Waals surface area contributed by atoms with Gasteiger partial charge in [0.05, 0.1) is 21.1 Å². The van der Waals surface area contributed by atoms with Crippen LogP contribution in [-0.4, -0.2) is 67.3 Å². The minimum absolute atomic E-state index is 0.230. The molecule has 0 spiro atoms. The first-order valence-corrected chi connectivity index (χ1v) is 15.8. The standard InChI is InChI=1S/2C4H8O2S2.2CH3.Sn/c2*1-7-4(8-2)3(5)6;;;/h2*4H,1-2H3,(H,5,6);2*1H3;/q;;;;+2/p-2. The van der Waals surface area contributed by atoms with E-state index in [1.807, 2.05) is 0 Å². The van der Waals surface area contributed by atoms with E-state index in [2.05, 4.69) is 9.88 Å². The fourth-order valence-corrected chi connectivity index (χ4v) is 2.89. The number of rotatable bonds is 6. The number of carbonyl (C=O) groups is 2. The summed E-state index contributed by atoms with van der Waals surface area (Å²) in [5.74, 6) is -1.99. The topological polar surface area (TPSA) is 80.3 Å². The van der Waals surface area contributed by atoms with E-state index in [4.69, 9.17) is 0 Å². The Morgan fingerprint density at radius 1 is 0.789 bits per heavy atom. The van der Waals surface area contributed by atoms with Crippen LogP contribution in [0.15, 0.2) is 0 Å². The van der Waals surface area contributed by atoms with Crippen molar-refractivity contribution in [1.82, 2.24) is 0 Å². The van der Waals surface area contributed by atoms with Crippen LogP contribution in [0.25, 0.3) is 0 Å². The molecule has 0 atom stereocenters. The van der Waals surface area contributed by atoms with Crippen LogP contribution in [0.1, 0.15) is 0 Å². The predicted octanol–water partition coefficient (Wildman–Crippen LogP) is 0.364. The molecule has 0 aliphatic carbocycles. The molecule has 0 amide bonds. The van der Waals surface area contributed by atoms with Gasteiger partial charge in [-0.2, -0.15) is 0 Å². The Morgan fingerprint density at radius 2 is 0.947 bits per heavy atom. The molecule has 0 fully saturated rings. The third-order valence-corrected chi connectivity index (χ3v) is 6.03. The molecular formula is C10H20O4S4Sn. The third-order valence-electron chi connectivity index (χ3n) is 1.24. The molecule has 112 valence electrons. The second-order valence-corrected chi connectivity index (χ2v) is 9.97. The molecule has 0 aliphatic heterocycles. The molecule has 0 rings (SSSR count). The van der Waals surface area contributed by atoms with Gasteiger partial charge in [-0.1, -0.05) is 0 Å². The zero-order chi connectivity index (χ0) is 15.8. The van der Waals surface area contributed by atoms with Crippen LogP contribution in [0.3, 0.4) is 0 Å². The molecule has 0 aromatic heterocycles. The second kappa shape index (κ2) is 19.1. The van der Waals surface area contributed by atoms with Crippen LogP contribution in [0.2, 0.25) is 9.88 Å². The molecule has 0 aliphatic rings. The van der Waals surface area contributed by atoms with E-state index in [0.29, 0.717) is 0 Å². The van der Waals surface area contributed by atoms with Gasteiger partial charge in [0.1, 0.15) is 0 Å². The Hall–Kier alpha value is 1.14. The summed E-state index contributed by atoms with van der Waals surface area (Å²) < 4.78 is -0.815. The fourth-order valence-electron chi connectivity index (χ4n) is 0.577. The van der Waals surface area contributed by atoms with Crippen LogP contribution >= 0.6 is 47.0 Å². The van der Waals surface area contributed by atoms with Crippen LogP contribution in [-0.2, 0) is 9.59 Å². The van der Waals surface area contributed by atoms with Gasteiger partial charge < -0.3 is 19.8 Å². The quantitative estimate of drug-likeness (QED) is 0.424. The van der Waals surface area contributed by atoms with Gasteiger partial charge in [-0.3, -0.25) is 0 Å². The van der Waals surface area contributed by atoms with E-state index in [1.165, 1.54) is 47.0 Å². The Kier molecular flexibility index (Phi) is 25.3. The van der Waals surface area contributed by atoms with Crippen LogP contribution in [0.5, 0.6) is 0 Å². The Balaban J connectivity index is -0.000000224. The Morgan fingerprint density at radius 3 is 0.947 bits per heavy atom. The Labute approximate surface area is 143 Å². The normalized spacial score (nSPS) is 8.84. The first-order chi connectivity index (χ1) is 8.85. The SMILES string of the molecule is CSC(SC)C(=O)[O-].CSC(SC)C(=O)[O-].[CH3][Sn+2][CH3]. The first kappa shape index (κ1) is 25.1. The monoisotopic (exact) mass is 452 g/mol. The molecule has 9 heteroatoms. The van der Waals surface area contributed by atoms with Gasteiger partial charge in [-0.25, -0.2) is 0 Å². The van der Waals surface area contributed by atoms with Crippen molar-refractivity contribution in [2.24, 2.45) is 0 Å². The van der Waals surface area contributed by atoms with Crippen molar-refractivity contribution >= 4 is 80.1 Å². The molecule has 0 bridgehead atoms. The second-order valence-electron chi connectivity index (χ2n) is 2.74. The van der Waals surface area contributed by atoms with Crippen molar-refractivity contribution < 1.29 is 19.8 Å². The van der Waals surface area contributed by atoms with E-state index in [0.717, 1.165) is 0 Å². The third kappa shape index (κ3) is 19.1. The Bertz CT molecular complexity index is 202. The average Bonchev–Trinajstić information content (AvgIpc) is 2.33. The van der Waals surface area contributed by atoms with E-state index in [-0.39, 0.29) is 21.1 Å². The summed E-state index contributed by atoms with van der Waals surface area (Å²) in [7, 11) is 0. The summed E-state index contributed by atoms with van der Waals surface area (Å²) in [6, 6.07) is 0. The van der Waals surface area contributed by atoms with Gasteiger partial charge in [0.25, 0.3) is 0 Å². The molecule has 0 aromatic carbocycles. The predicted molar refractivity (Wildman–Crippen MR) is 89.1 cm³/mol. The zero-order valence-corrected chi connectivity index (χ0v) is 18.0. The number of hydrogen-bond acceptors (Lipinski definition) is 8. The van der Waals surface area contributed by atoms with Gasteiger partial charge >= 0.3 is 31.0 Å². The molecule has 0 unspecified atom stereocenters. The summed E-state index contributed by atoms with van der Waals surface area (Å²) in [6.07, 6.45) is 6.99. The molecule has 4 nitrogen and oxygen atoms in total. The molecule has 0 radical (unpaired) electrons. The van der Waals surface area contributed by atoms with Gasteiger partial charge in [-0.15, -0.1) is 47.0 Å². The molecule has 19 heavy (non-hydrogen) atoms. The van der Waals surface area contributed by atoms with Crippen molar-refractivity contribution in [3.8, 4) is 0 Å². The number of aliphatic carboxylic acids is 2. The van der Waals surface area contributed by atoms with Crippen LogP contribution in [0.4, 0.5) is 0 Å². The van der Waals surface area contributed by atoms with Crippen molar-refractivity contribution in [3.05, 3.63) is 0 Å². The number of hydrogen-bond donors (Lipinski definition) is 0. The van der Waals surface area contributed by atoms with Gasteiger partial charge in [0, 0.05) is 0 Å². The summed E-state index contributed by atoms with van der Waals surface area (Å²) >= 11 is 5.35. The van der Waals surface area contributed by atoms with Crippen LogP contribution < -0.4 is 10.2 Å². The van der Waals surface area contributed by atoms with Crippen molar-refractivity contribution in [1.29, 1.82) is 0 Å². The summed E-state index contributed by atoms with van der Waals surface area (Å²) in [5, 5.41) is 20.0. The zero-order valence-electron chi connectivity index (χ0n) is 11.9. The minimum atomic E-state index is -0.995. The maximum atomic E-state index is 10.0. The van der Waals surface area contributed by atoms with Gasteiger partial charge in [0.15, 0.2) is 0 Å². The number of carboxylic acid groups (broad SMARTS) is 2. The molecular weight excluding hydrogens is 431 g/mol. The molecule has 0 saturated heterocycles.